The van der Waals surface area contributed by atoms with Crippen LogP contribution < -0.4 is 5.32 Å². The number of hydrogen-bond acceptors (Lipinski definition) is 4. The number of aliphatic carboxylic acids is 1. The predicted octanol–water partition coefficient (Wildman–Crippen LogP) is 6.27. The lowest BCUT2D eigenvalue weighted by molar-refractivity contribution is -0.142. The number of hydrogen-bond donors (Lipinski definition) is 2. The second-order valence-corrected chi connectivity index (χ2v) is 9.58. The first-order valence-electron chi connectivity index (χ1n) is 11.5. The quantitative estimate of drug-likeness (QED) is 0.310. The van der Waals surface area contributed by atoms with E-state index in [0.29, 0.717) is 6.42 Å². The maximum absolute atomic E-state index is 13.0. The number of nitrogens with one attached hydrogen (secondary N) is 1. The van der Waals surface area contributed by atoms with E-state index in [-0.39, 0.29) is 12.5 Å². The Kier molecular flexibility index (Phi) is 6.64. The van der Waals surface area contributed by atoms with Gasteiger partial charge in [0.05, 0.1) is 12.0 Å². The van der Waals surface area contributed by atoms with Gasteiger partial charge in [-0.25, -0.2) is 4.79 Å². The summed E-state index contributed by atoms with van der Waals surface area (Å²) in [5, 5.41) is 14.8. The van der Waals surface area contributed by atoms with Gasteiger partial charge in [0.25, 0.3) is 0 Å². The number of thiophene rings is 1. The molecule has 176 valence electrons. The number of alkyl carbamates (subject to hydrolysis) is 1. The lowest BCUT2D eigenvalue weighted by atomic mass is 9.91. The number of carbonyl (C=O) groups excluding carboxylic acids is 1. The molecule has 2 N–H and O–H groups in total. The molecule has 1 amide bonds. The highest BCUT2D eigenvalue weighted by Crippen LogP contribution is 2.44. The minimum atomic E-state index is -0.966. The van der Waals surface area contributed by atoms with E-state index in [0.717, 1.165) is 32.7 Å². The Balaban J connectivity index is 1.34. The monoisotopic (exact) mass is 483 g/mol. The second-order valence-electron chi connectivity index (χ2n) is 8.60. The number of carboxylic acid groups (broad SMARTS) is 1. The first kappa shape index (κ1) is 22.9. The molecule has 0 aliphatic heterocycles. The zero-order valence-corrected chi connectivity index (χ0v) is 19.8. The molecule has 0 radical (unpaired) electrons. The number of carbonyl (C=O) groups is 2. The molecule has 1 aromatic heterocycles. The van der Waals surface area contributed by atoms with Crippen LogP contribution in [0.25, 0.3) is 11.1 Å². The van der Waals surface area contributed by atoms with Crippen molar-refractivity contribution in [1.29, 1.82) is 0 Å². The van der Waals surface area contributed by atoms with E-state index >= 15 is 0 Å². The smallest absolute Gasteiger partial charge is 0.407 e. The van der Waals surface area contributed by atoms with Crippen LogP contribution >= 0.6 is 11.3 Å². The van der Waals surface area contributed by atoms with Gasteiger partial charge < -0.3 is 15.2 Å². The molecular weight excluding hydrogens is 458 g/mol. The van der Waals surface area contributed by atoms with Gasteiger partial charge in [-0.2, -0.15) is 0 Å². The fraction of sp³-hybridized carbons (Fsp3) is 0.172. The van der Waals surface area contributed by atoms with Crippen molar-refractivity contribution in [3.8, 4) is 11.1 Å². The maximum atomic E-state index is 13.0. The topological polar surface area (TPSA) is 75.6 Å². The molecule has 0 spiro atoms. The zero-order chi connectivity index (χ0) is 24.2. The van der Waals surface area contributed by atoms with Crippen LogP contribution in [0.2, 0.25) is 0 Å². The lowest BCUT2D eigenvalue weighted by Crippen LogP contribution is -2.38. The van der Waals surface area contributed by atoms with Crippen LogP contribution in [0, 0.1) is 5.92 Å². The van der Waals surface area contributed by atoms with Crippen LogP contribution in [0.3, 0.4) is 0 Å². The summed E-state index contributed by atoms with van der Waals surface area (Å²) in [5.41, 5.74) is 5.47. The van der Waals surface area contributed by atoms with Gasteiger partial charge in [-0.3, -0.25) is 4.79 Å². The molecule has 1 heterocycles. The molecule has 2 atom stereocenters. The number of benzene rings is 3. The zero-order valence-electron chi connectivity index (χ0n) is 19.0. The summed E-state index contributed by atoms with van der Waals surface area (Å²) in [5.74, 6) is -1.87. The van der Waals surface area contributed by atoms with Crippen molar-refractivity contribution in [3.63, 3.8) is 0 Å². The third-order valence-corrected chi connectivity index (χ3v) is 7.44. The van der Waals surface area contributed by atoms with E-state index in [1.807, 2.05) is 72.1 Å². The molecule has 4 aromatic rings. The van der Waals surface area contributed by atoms with Gasteiger partial charge in [0.15, 0.2) is 0 Å². The highest BCUT2D eigenvalue weighted by Gasteiger charge is 2.33. The fourth-order valence-corrected chi connectivity index (χ4v) is 5.66. The molecule has 1 aliphatic carbocycles. The van der Waals surface area contributed by atoms with Crippen LogP contribution in [-0.2, 0) is 16.0 Å². The first-order valence-corrected chi connectivity index (χ1v) is 12.4. The molecule has 0 saturated heterocycles. The van der Waals surface area contributed by atoms with Gasteiger partial charge in [0.1, 0.15) is 6.61 Å². The van der Waals surface area contributed by atoms with E-state index in [1.54, 1.807) is 0 Å². The SMILES string of the molecule is O=C(NC(c1cccs1)C(Cc1ccccc1)C(=O)O)OCC1c2ccccc2-c2ccccc21. The normalized spacial score (nSPS) is 13.9. The molecule has 2 unspecified atom stereocenters. The predicted molar refractivity (Wildman–Crippen MR) is 137 cm³/mol. The van der Waals surface area contributed by atoms with Gasteiger partial charge in [-0.05, 0) is 45.7 Å². The summed E-state index contributed by atoms with van der Waals surface area (Å²) in [7, 11) is 0. The van der Waals surface area contributed by atoms with Gasteiger partial charge in [-0.1, -0.05) is 84.9 Å². The standard InChI is InChI=1S/C29H25NO4S/c31-28(32)24(17-19-9-2-1-3-10-19)27(26-15-8-16-35-26)30-29(33)34-18-25-22-13-6-4-11-20(22)21-12-5-7-14-23(21)25/h1-16,24-25,27H,17-18H2,(H,30,33)(H,31,32). The molecule has 35 heavy (non-hydrogen) atoms. The number of rotatable bonds is 8. The van der Waals surface area contributed by atoms with Crippen LogP contribution in [0.4, 0.5) is 4.79 Å². The Morgan fingerprint density at radius 3 is 2.09 bits per heavy atom. The van der Waals surface area contributed by atoms with Crippen molar-refractivity contribution in [2.75, 3.05) is 6.61 Å². The lowest BCUT2D eigenvalue weighted by Gasteiger charge is -2.25. The van der Waals surface area contributed by atoms with Crippen LogP contribution in [0.1, 0.15) is 33.5 Å². The number of ether oxygens (including phenoxy) is 1. The molecular formula is C29H25NO4S. The highest BCUT2D eigenvalue weighted by atomic mass is 32.1. The number of fused-ring (bicyclic) bond motifs is 3. The molecule has 5 rings (SSSR count). The molecule has 6 heteroatoms. The molecule has 3 aromatic carbocycles. The minimum absolute atomic E-state index is 0.0621. The van der Waals surface area contributed by atoms with Gasteiger partial charge in [0, 0.05) is 10.8 Å². The third kappa shape index (κ3) is 4.84. The number of amides is 1. The van der Waals surface area contributed by atoms with Gasteiger partial charge in [0.2, 0.25) is 0 Å². The van der Waals surface area contributed by atoms with Gasteiger partial charge >= 0.3 is 12.1 Å². The van der Waals surface area contributed by atoms with Crippen molar-refractivity contribution in [1.82, 2.24) is 5.32 Å². The molecule has 0 bridgehead atoms. The van der Waals surface area contributed by atoms with Crippen LogP contribution in [-0.4, -0.2) is 23.8 Å². The Morgan fingerprint density at radius 1 is 0.857 bits per heavy atom. The summed E-state index contributed by atoms with van der Waals surface area (Å²) in [6, 6.07) is 28.8. The van der Waals surface area contributed by atoms with E-state index in [1.165, 1.54) is 11.3 Å². The molecule has 0 saturated carbocycles. The Bertz CT molecular complexity index is 1270. The Labute approximate surface area is 208 Å². The van der Waals surface area contributed by atoms with Crippen molar-refractivity contribution in [2.45, 2.75) is 18.4 Å². The average molecular weight is 484 g/mol. The molecule has 1 aliphatic rings. The van der Waals surface area contributed by atoms with E-state index < -0.39 is 24.0 Å². The maximum Gasteiger partial charge on any atom is 0.407 e. The second kappa shape index (κ2) is 10.2. The largest absolute Gasteiger partial charge is 0.481 e. The van der Waals surface area contributed by atoms with E-state index in [4.69, 9.17) is 4.74 Å². The van der Waals surface area contributed by atoms with Gasteiger partial charge in [-0.15, -0.1) is 11.3 Å². The summed E-state index contributed by atoms with van der Waals surface area (Å²) in [6.45, 7) is 0.174. The first-order chi connectivity index (χ1) is 17.1. The van der Waals surface area contributed by atoms with Crippen molar-refractivity contribution >= 4 is 23.4 Å². The van der Waals surface area contributed by atoms with Crippen molar-refractivity contribution in [2.24, 2.45) is 5.92 Å². The van der Waals surface area contributed by atoms with Crippen molar-refractivity contribution < 1.29 is 19.4 Å². The van der Waals surface area contributed by atoms with Crippen LogP contribution in [0.5, 0.6) is 0 Å². The molecule has 5 nitrogen and oxygen atoms in total. The Morgan fingerprint density at radius 2 is 1.49 bits per heavy atom. The number of carboxylic acids is 1. The third-order valence-electron chi connectivity index (χ3n) is 6.48. The summed E-state index contributed by atoms with van der Waals surface area (Å²) in [6.07, 6.45) is -0.327. The summed E-state index contributed by atoms with van der Waals surface area (Å²) >= 11 is 1.42. The summed E-state index contributed by atoms with van der Waals surface area (Å²) < 4.78 is 5.71. The minimum Gasteiger partial charge on any atom is -0.481 e. The fourth-order valence-electron chi connectivity index (χ4n) is 4.82. The van der Waals surface area contributed by atoms with Crippen LogP contribution in [0.15, 0.2) is 96.4 Å². The average Bonchev–Trinajstić information content (AvgIpc) is 3.52. The molecule has 0 fully saturated rings. The summed E-state index contributed by atoms with van der Waals surface area (Å²) in [4.78, 5) is 26.0. The van der Waals surface area contributed by atoms with E-state index in [9.17, 15) is 14.7 Å². The van der Waals surface area contributed by atoms with Crippen molar-refractivity contribution in [3.05, 3.63) is 118 Å². The Hall–Kier alpha value is -3.90. The van der Waals surface area contributed by atoms with E-state index in [2.05, 4.69) is 29.6 Å². The highest BCUT2D eigenvalue weighted by molar-refractivity contribution is 7.10.